The fourth-order valence-corrected chi connectivity index (χ4v) is 2.28. The van der Waals surface area contributed by atoms with Gasteiger partial charge in [0.15, 0.2) is 5.84 Å². The van der Waals surface area contributed by atoms with Gasteiger partial charge in [0.05, 0.1) is 17.9 Å². The summed E-state index contributed by atoms with van der Waals surface area (Å²) in [6.45, 7) is 4.53. The Morgan fingerprint density at radius 3 is 2.57 bits per heavy atom. The van der Waals surface area contributed by atoms with E-state index in [0.29, 0.717) is 25.3 Å². The van der Waals surface area contributed by atoms with Crippen LogP contribution in [0.4, 0.5) is 5.82 Å². The van der Waals surface area contributed by atoms with Crippen molar-refractivity contribution in [2.24, 2.45) is 17.9 Å². The highest BCUT2D eigenvalue weighted by atomic mass is 16.5. The van der Waals surface area contributed by atoms with Crippen LogP contribution < -0.4 is 10.6 Å². The molecule has 120 valence electrons. The van der Waals surface area contributed by atoms with E-state index in [0.717, 1.165) is 24.5 Å². The lowest BCUT2D eigenvalue weighted by Crippen LogP contribution is -2.32. The van der Waals surface area contributed by atoms with Crippen LogP contribution in [-0.4, -0.2) is 61.3 Å². The second-order valence-electron chi connectivity index (χ2n) is 4.72. The van der Waals surface area contributed by atoms with Gasteiger partial charge >= 0.3 is 0 Å². The molecule has 21 heavy (non-hydrogen) atoms. The molecule has 1 aromatic heterocycles. The van der Waals surface area contributed by atoms with Crippen molar-refractivity contribution in [3.05, 3.63) is 11.3 Å². The molecule has 0 unspecified atom stereocenters. The second kappa shape index (κ2) is 8.48. The summed E-state index contributed by atoms with van der Waals surface area (Å²) in [7, 11) is 5.18. The predicted octanol–water partition coefficient (Wildman–Crippen LogP) is 0.312. The molecule has 0 spiro atoms. The maximum atomic E-state index is 8.98. The van der Waals surface area contributed by atoms with Crippen LogP contribution in [0, 0.1) is 6.92 Å². The first-order chi connectivity index (χ1) is 10.1. The summed E-state index contributed by atoms with van der Waals surface area (Å²) >= 11 is 0. The zero-order valence-corrected chi connectivity index (χ0v) is 13.2. The van der Waals surface area contributed by atoms with E-state index in [1.54, 1.807) is 18.9 Å². The lowest BCUT2D eigenvalue weighted by Gasteiger charge is -2.25. The van der Waals surface area contributed by atoms with Crippen molar-refractivity contribution in [1.29, 1.82) is 0 Å². The van der Waals surface area contributed by atoms with E-state index >= 15 is 0 Å². The molecule has 0 fully saturated rings. The van der Waals surface area contributed by atoms with Gasteiger partial charge in [-0.15, -0.1) is 0 Å². The minimum atomic E-state index is 0.0600. The first kappa shape index (κ1) is 17.3. The van der Waals surface area contributed by atoms with Crippen LogP contribution in [0.5, 0.6) is 0 Å². The maximum absolute atomic E-state index is 8.98. The number of oxime groups is 1. The van der Waals surface area contributed by atoms with Crippen molar-refractivity contribution in [1.82, 2.24) is 9.78 Å². The van der Waals surface area contributed by atoms with Crippen molar-refractivity contribution < 1.29 is 14.7 Å². The summed E-state index contributed by atoms with van der Waals surface area (Å²) in [5, 5.41) is 16.5. The van der Waals surface area contributed by atoms with Gasteiger partial charge in [-0.2, -0.15) is 5.10 Å². The number of hydrogen-bond acceptors (Lipinski definition) is 6. The smallest absolute Gasteiger partial charge is 0.175 e. The number of anilines is 1. The quantitative estimate of drug-likeness (QED) is 0.224. The van der Waals surface area contributed by atoms with Gasteiger partial charge < -0.3 is 25.3 Å². The molecule has 0 amide bonds. The normalized spacial score (nSPS) is 11.9. The van der Waals surface area contributed by atoms with Gasteiger partial charge in [0.1, 0.15) is 5.82 Å². The van der Waals surface area contributed by atoms with E-state index in [4.69, 9.17) is 20.4 Å². The average Bonchev–Trinajstić information content (AvgIpc) is 2.76. The van der Waals surface area contributed by atoms with Gasteiger partial charge in [0.25, 0.3) is 0 Å². The van der Waals surface area contributed by atoms with Crippen LogP contribution in [0.1, 0.15) is 17.7 Å². The van der Waals surface area contributed by atoms with Crippen LogP contribution in [0.15, 0.2) is 5.16 Å². The molecule has 3 N–H and O–H groups in total. The third-order valence-electron chi connectivity index (χ3n) is 3.20. The Balaban J connectivity index is 3.10. The van der Waals surface area contributed by atoms with Crippen molar-refractivity contribution in [2.75, 3.05) is 45.4 Å². The Kier molecular flexibility index (Phi) is 6.97. The van der Waals surface area contributed by atoms with E-state index in [1.165, 1.54) is 0 Å². The van der Waals surface area contributed by atoms with Crippen LogP contribution in [0.2, 0.25) is 0 Å². The van der Waals surface area contributed by atoms with Crippen LogP contribution >= 0.6 is 0 Å². The Bertz CT molecular complexity index is 473. The molecular weight excluding hydrogens is 274 g/mol. The third-order valence-corrected chi connectivity index (χ3v) is 3.20. The molecule has 0 saturated heterocycles. The molecule has 0 atom stereocenters. The predicted molar refractivity (Wildman–Crippen MR) is 81.0 cm³/mol. The lowest BCUT2D eigenvalue weighted by atomic mass is 10.2. The molecule has 0 saturated carbocycles. The fraction of sp³-hybridized carbons (Fsp3) is 0.692. The topological polar surface area (TPSA) is 98.1 Å². The molecule has 0 bridgehead atoms. The molecule has 1 aromatic rings. The molecule has 0 aliphatic rings. The Labute approximate surface area is 125 Å². The van der Waals surface area contributed by atoms with E-state index in [-0.39, 0.29) is 5.84 Å². The highest BCUT2D eigenvalue weighted by Gasteiger charge is 2.22. The number of ether oxygens (including phenoxy) is 2. The molecular formula is C13H25N5O3. The molecule has 1 rings (SSSR count). The van der Waals surface area contributed by atoms with E-state index < -0.39 is 0 Å². The second-order valence-corrected chi connectivity index (χ2v) is 4.72. The molecule has 0 aliphatic carbocycles. The Morgan fingerprint density at radius 2 is 2.00 bits per heavy atom. The zero-order chi connectivity index (χ0) is 15.8. The van der Waals surface area contributed by atoms with Crippen molar-refractivity contribution in [2.45, 2.75) is 13.3 Å². The van der Waals surface area contributed by atoms with E-state index in [2.05, 4.69) is 15.2 Å². The number of aromatic nitrogens is 2. The third kappa shape index (κ3) is 4.33. The number of rotatable bonds is 9. The Morgan fingerprint density at radius 1 is 1.33 bits per heavy atom. The zero-order valence-electron chi connectivity index (χ0n) is 13.2. The van der Waals surface area contributed by atoms with Gasteiger partial charge in [-0.1, -0.05) is 5.16 Å². The van der Waals surface area contributed by atoms with Gasteiger partial charge in [-0.05, 0) is 13.3 Å². The molecule has 1 heterocycles. The van der Waals surface area contributed by atoms with Gasteiger partial charge in [0.2, 0.25) is 0 Å². The van der Waals surface area contributed by atoms with Gasteiger partial charge in [0, 0.05) is 41.0 Å². The molecule has 0 radical (unpaired) electrons. The molecule has 8 nitrogen and oxygen atoms in total. The summed E-state index contributed by atoms with van der Waals surface area (Å²) in [6, 6.07) is 0. The summed E-state index contributed by atoms with van der Waals surface area (Å²) in [4.78, 5) is 2.11. The van der Waals surface area contributed by atoms with Crippen LogP contribution in [0.25, 0.3) is 0 Å². The van der Waals surface area contributed by atoms with Gasteiger partial charge in [-0.3, -0.25) is 4.68 Å². The number of hydrogen-bond donors (Lipinski definition) is 2. The highest BCUT2D eigenvalue weighted by molar-refractivity contribution is 6.02. The summed E-state index contributed by atoms with van der Waals surface area (Å²) < 4.78 is 12.0. The maximum Gasteiger partial charge on any atom is 0.175 e. The number of amidine groups is 1. The SMILES string of the molecule is COCCCN(CCOC)c1c(C(N)=NO)c(C)nn1C. The number of methoxy groups -OCH3 is 2. The van der Waals surface area contributed by atoms with Crippen molar-refractivity contribution in [3.63, 3.8) is 0 Å². The largest absolute Gasteiger partial charge is 0.409 e. The van der Waals surface area contributed by atoms with Gasteiger partial charge in [-0.25, -0.2) is 0 Å². The minimum Gasteiger partial charge on any atom is -0.409 e. The number of nitrogens with two attached hydrogens (primary N) is 1. The summed E-state index contributed by atoms with van der Waals surface area (Å²) in [5.41, 5.74) is 7.16. The first-order valence-electron chi connectivity index (χ1n) is 6.81. The first-order valence-corrected chi connectivity index (χ1v) is 6.81. The molecule has 0 aromatic carbocycles. The lowest BCUT2D eigenvalue weighted by molar-refractivity contribution is 0.190. The van der Waals surface area contributed by atoms with Crippen LogP contribution in [-0.2, 0) is 16.5 Å². The monoisotopic (exact) mass is 299 g/mol. The summed E-state index contributed by atoms with van der Waals surface area (Å²) in [6.07, 6.45) is 0.861. The number of aryl methyl sites for hydroxylation is 2. The van der Waals surface area contributed by atoms with Crippen LogP contribution in [0.3, 0.4) is 0 Å². The molecule has 8 heteroatoms. The van der Waals surface area contributed by atoms with Crippen molar-refractivity contribution >= 4 is 11.7 Å². The highest BCUT2D eigenvalue weighted by Crippen LogP contribution is 2.23. The van der Waals surface area contributed by atoms with E-state index in [9.17, 15) is 0 Å². The Hall–Kier alpha value is -1.80. The fourth-order valence-electron chi connectivity index (χ4n) is 2.28. The number of nitrogens with zero attached hydrogens (tertiary/aromatic N) is 4. The summed E-state index contributed by atoms with van der Waals surface area (Å²) in [5.74, 6) is 0.876. The minimum absolute atomic E-state index is 0.0600. The van der Waals surface area contributed by atoms with E-state index in [1.807, 2.05) is 14.0 Å². The van der Waals surface area contributed by atoms with Crippen molar-refractivity contribution in [3.8, 4) is 0 Å². The standard InChI is InChI=1S/C13H25N5O3/c1-10-11(12(14)16-19)13(17(2)15-10)18(7-9-21-4)6-5-8-20-3/h19H,5-9H2,1-4H3,(H2,14,16). The average molecular weight is 299 g/mol. The molecule has 0 aliphatic heterocycles.